The van der Waals surface area contributed by atoms with Crippen molar-refractivity contribution in [1.29, 1.82) is 0 Å². The van der Waals surface area contributed by atoms with Gasteiger partial charge in [-0.05, 0) is 69.1 Å². The molecule has 0 aliphatic heterocycles. The average Bonchev–Trinajstić information content (AvgIpc) is 2.87. The molecule has 0 saturated heterocycles. The number of carbonyl (C=O) groups excluding carboxylic acids is 2. The van der Waals surface area contributed by atoms with Crippen molar-refractivity contribution < 1.29 is 40.8 Å². The third kappa shape index (κ3) is 4.53. The number of carbonyl (C=O) groups is 2. The summed E-state index contributed by atoms with van der Waals surface area (Å²) in [6.07, 6.45) is 0. The van der Waals surface area contributed by atoms with Gasteiger partial charge in [0.2, 0.25) is 0 Å². The quantitative estimate of drug-likeness (QED) is 0.180. The number of rotatable bonds is 6. The number of esters is 2. The van der Waals surface area contributed by atoms with Gasteiger partial charge in [-0.15, -0.1) is 0 Å². The van der Waals surface area contributed by atoms with E-state index in [-0.39, 0.29) is 5.75 Å². The predicted octanol–water partition coefficient (Wildman–Crippen LogP) is 4.74. The van der Waals surface area contributed by atoms with Crippen LogP contribution in [0.5, 0.6) is 5.75 Å². The molecule has 0 radical (unpaired) electrons. The highest BCUT2D eigenvalue weighted by atomic mass is 127. The lowest BCUT2D eigenvalue weighted by Gasteiger charge is -2.48. The van der Waals surface area contributed by atoms with Crippen LogP contribution in [0.25, 0.3) is 0 Å². The minimum Gasteiger partial charge on any atom is -0.458 e. The van der Waals surface area contributed by atoms with E-state index < -0.39 is 57.6 Å². The van der Waals surface area contributed by atoms with Crippen molar-refractivity contribution >= 4 is 44.6 Å². The number of benzene rings is 3. The van der Waals surface area contributed by atoms with Crippen LogP contribution in [0.3, 0.4) is 0 Å². The molecule has 0 aromatic heterocycles. The van der Waals surface area contributed by atoms with Crippen LogP contribution < -0.4 is 4.74 Å². The lowest BCUT2D eigenvalue weighted by atomic mass is 9.54. The SMILES string of the molecule is O=C(OCC(F)(F)S(=O)(=O)O)C1C2c3ccccc3C(c3ccccc32)C1C(=O)Oc1ccc(I)cc1. The van der Waals surface area contributed by atoms with Gasteiger partial charge in [0.15, 0.2) is 6.61 Å². The second-order valence-electron chi connectivity index (χ2n) is 8.86. The van der Waals surface area contributed by atoms with Crippen LogP contribution in [-0.2, 0) is 24.4 Å². The smallest absolute Gasteiger partial charge is 0.402 e. The first-order valence-corrected chi connectivity index (χ1v) is 13.7. The molecule has 2 atom stereocenters. The Bertz CT molecular complexity index is 1440. The summed E-state index contributed by atoms with van der Waals surface area (Å²) in [5, 5.41) is -4.71. The van der Waals surface area contributed by atoms with Crippen molar-refractivity contribution in [3.05, 3.63) is 98.6 Å². The summed E-state index contributed by atoms with van der Waals surface area (Å²) in [6, 6.07) is 21.1. The molecule has 0 amide bonds. The molecule has 11 heteroatoms. The van der Waals surface area contributed by atoms with Crippen LogP contribution in [0.4, 0.5) is 8.78 Å². The van der Waals surface area contributed by atoms with Crippen LogP contribution in [0, 0.1) is 15.4 Å². The Balaban J connectivity index is 1.58. The number of halogens is 3. The molecule has 0 spiro atoms. The Kier molecular flexibility index (Phi) is 6.57. The summed E-state index contributed by atoms with van der Waals surface area (Å²) in [5.74, 6) is -5.45. The van der Waals surface area contributed by atoms with Gasteiger partial charge in [0.1, 0.15) is 5.75 Å². The summed E-state index contributed by atoms with van der Waals surface area (Å²) in [4.78, 5) is 27.0. The fourth-order valence-electron chi connectivity index (χ4n) is 5.26. The van der Waals surface area contributed by atoms with Crippen LogP contribution in [0.1, 0.15) is 34.1 Å². The normalized spacial score (nSPS) is 22.1. The fraction of sp³-hybridized carbons (Fsp3) is 0.231. The molecule has 2 unspecified atom stereocenters. The van der Waals surface area contributed by atoms with Crippen LogP contribution in [0.15, 0.2) is 72.8 Å². The van der Waals surface area contributed by atoms with Gasteiger partial charge in [0.25, 0.3) is 0 Å². The third-order valence-electron chi connectivity index (χ3n) is 6.77. The van der Waals surface area contributed by atoms with E-state index >= 15 is 0 Å². The molecule has 37 heavy (non-hydrogen) atoms. The number of fused-ring (bicyclic) bond motifs is 1. The molecule has 3 aromatic rings. The first kappa shape index (κ1) is 25.7. The summed E-state index contributed by atoms with van der Waals surface area (Å²) < 4.78 is 70.0. The van der Waals surface area contributed by atoms with Crippen LogP contribution in [-0.4, -0.2) is 36.8 Å². The summed E-state index contributed by atoms with van der Waals surface area (Å²) in [5.41, 5.74) is 3.10. The first-order chi connectivity index (χ1) is 17.5. The maximum Gasteiger partial charge on any atom is 0.402 e. The molecule has 1 N–H and O–H groups in total. The summed E-state index contributed by atoms with van der Waals surface area (Å²) >= 11 is 2.10. The Labute approximate surface area is 224 Å². The van der Waals surface area contributed by atoms with E-state index in [0.29, 0.717) is 0 Å². The Morgan fingerprint density at radius 1 is 0.811 bits per heavy atom. The number of hydrogen-bond donors (Lipinski definition) is 1. The molecule has 7 nitrogen and oxygen atoms in total. The van der Waals surface area contributed by atoms with E-state index in [1.807, 2.05) is 24.3 Å². The van der Waals surface area contributed by atoms with E-state index in [1.54, 1.807) is 48.5 Å². The molecule has 3 aliphatic rings. The van der Waals surface area contributed by atoms with Gasteiger partial charge in [-0.3, -0.25) is 14.1 Å². The average molecular weight is 640 g/mol. The van der Waals surface area contributed by atoms with Crippen LogP contribution in [0.2, 0.25) is 0 Å². The van der Waals surface area contributed by atoms with E-state index in [2.05, 4.69) is 22.6 Å². The highest BCUT2D eigenvalue weighted by molar-refractivity contribution is 14.1. The number of hydrogen-bond acceptors (Lipinski definition) is 6. The Hall–Kier alpha value is -2.90. The van der Waals surface area contributed by atoms with Crippen molar-refractivity contribution in [3.8, 4) is 5.75 Å². The third-order valence-corrected chi connectivity index (χ3v) is 8.37. The van der Waals surface area contributed by atoms with Crippen LogP contribution >= 0.6 is 22.6 Å². The number of alkyl halides is 2. The minimum atomic E-state index is -5.81. The van der Waals surface area contributed by atoms with E-state index in [9.17, 15) is 26.8 Å². The molecular weight excluding hydrogens is 621 g/mol. The van der Waals surface area contributed by atoms with Gasteiger partial charge in [0.05, 0.1) is 11.8 Å². The minimum absolute atomic E-state index is 0.249. The van der Waals surface area contributed by atoms with E-state index in [1.165, 1.54) is 0 Å². The van der Waals surface area contributed by atoms with Gasteiger partial charge < -0.3 is 9.47 Å². The lowest BCUT2D eigenvalue weighted by Crippen LogP contribution is -2.49. The van der Waals surface area contributed by atoms with Crippen molar-refractivity contribution in [2.24, 2.45) is 11.8 Å². The zero-order valence-corrected chi connectivity index (χ0v) is 21.9. The fourth-order valence-corrected chi connectivity index (χ4v) is 5.82. The van der Waals surface area contributed by atoms with E-state index in [4.69, 9.17) is 14.0 Å². The summed E-state index contributed by atoms with van der Waals surface area (Å²) in [6.45, 7) is -1.89. The second kappa shape index (κ2) is 9.44. The highest BCUT2D eigenvalue weighted by Crippen LogP contribution is 2.58. The zero-order valence-electron chi connectivity index (χ0n) is 18.9. The van der Waals surface area contributed by atoms with Gasteiger partial charge in [0, 0.05) is 15.4 Å². The predicted molar refractivity (Wildman–Crippen MR) is 136 cm³/mol. The monoisotopic (exact) mass is 640 g/mol. The molecule has 3 aliphatic carbocycles. The van der Waals surface area contributed by atoms with Crippen molar-refractivity contribution in [2.75, 3.05) is 6.61 Å². The topological polar surface area (TPSA) is 107 Å². The van der Waals surface area contributed by atoms with Gasteiger partial charge in [-0.25, -0.2) is 0 Å². The number of ether oxygens (including phenoxy) is 2. The molecule has 192 valence electrons. The Morgan fingerprint density at radius 3 is 1.68 bits per heavy atom. The largest absolute Gasteiger partial charge is 0.458 e. The molecule has 0 heterocycles. The molecular formula is C26H19F2IO7S. The molecule has 3 aromatic carbocycles. The maximum atomic E-state index is 13.9. The van der Waals surface area contributed by atoms with Crippen molar-refractivity contribution in [1.82, 2.24) is 0 Å². The Morgan fingerprint density at radius 2 is 1.24 bits per heavy atom. The maximum absolute atomic E-state index is 13.9. The van der Waals surface area contributed by atoms with Crippen molar-refractivity contribution in [3.63, 3.8) is 0 Å². The van der Waals surface area contributed by atoms with Gasteiger partial charge in [-0.2, -0.15) is 17.2 Å². The molecule has 0 saturated carbocycles. The zero-order chi connectivity index (χ0) is 26.5. The summed E-state index contributed by atoms with van der Waals surface area (Å²) in [7, 11) is -5.81. The highest BCUT2D eigenvalue weighted by Gasteiger charge is 2.57. The van der Waals surface area contributed by atoms with E-state index in [0.717, 1.165) is 25.8 Å². The second-order valence-corrected chi connectivity index (χ2v) is 11.7. The molecule has 6 rings (SSSR count). The molecule has 0 fully saturated rings. The first-order valence-electron chi connectivity index (χ1n) is 11.2. The van der Waals surface area contributed by atoms with Gasteiger partial charge >= 0.3 is 27.3 Å². The lowest BCUT2D eigenvalue weighted by molar-refractivity contribution is -0.163. The standard InChI is InChI=1S/C26H19F2IO7S/c27-26(28,37(32,33)34)13-35-24(30)22-20-16-5-1-3-7-18(16)21(19-8-4-2-6-17(19)20)23(22)25(31)36-15-11-9-14(29)10-12-15/h1-12,20-23H,13H2,(H,32,33,34). The molecule has 2 bridgehead atoms. The van der Waals surface area contributed by atoms with Gasteiger partial charge in [-0.1, -0.05) is 48.5 Å². The van der Waals surface area contributed by atoms with Crippen molar-refractivity contribution in [2.45, 2.75) is 17.1 Å².